The van der Waals surface area contributed by atoms with Crippen molar-refractivity contribution >= 4 is 22.9 Å². The molecule has 0 bridgehead atoms. The Hall–Kier alpha value is -1.10. The number of pyridine rings is 1. The number of hydrogen-bond donors (Lipinski definition) is 2. The topological polar surface area (TPSA) is 44.9 Å². The molecule has 2 heterocycles. The standard InChI is InChI=1S/C12H13ClN2OS/c1-8(9-4-5-14-12(16)6-9)15-7-10-2-3-11(13)17-10/h2-6,8,15H,7H2,1H3,(H,14,16)/t8-/m0/s1. The van der Waals surface area contributed by atoms with Crippen LogP contribution in [0.25, 0.3) is 0 Å². The van der Waals surface area contributed by atoms with E-state index in [2.05, 4.69) is 10.3 Å². The highest BCUT2D eigenvalue weighted by atomic mass is 35.5. The molecule has 0 spiro atoms. The average molecular weight is 269 g/mol. The van der Waals surface area contributed by atoms with Gasteiger partial charge in [-0.3, -0.25) is 4.79 Å². The van der Waals surface area contributed by atoms with E-state index in [9.17, 15) is 4.79 Å². The zero-order valence-corrected chi connectivity index (χ0v) is 10.9. The fraction of sp³-hybridized carbons (Fsp3) is 0.250. The Labute approximate surface area is 108 Å². The summed E-state index contributed by atoms with van der Waals surface area (Å²) >= 11 is 7.42. The zero-order valence-electron chi connectivity index (χ0n) is 9.37. The van der Waals surface area contributed by atoms with Gasteiger partial charge in [-0.15, -0.1) is 11.3 Å². The SMILES string of the molecule is C[C@H](NCc1ccc(Cl)s1)c1cc[nH]c(=O)c1. The van der Waals surface area contributed by atoms with Gasteiger partial charge in [0.05, 0.1) is 4.34 Å². The molecule has 3 nitrogen and oxygen atoms in total. The smallest absolute Gasteiger partial charge is 0.248 e. The molecule has 0 fully saturated rings. The summed E-state index contributed by atoms with van der Waals surface area (Å²) < 4.78 is 0.797. The van der Waals surface area contributed by atoms with Gasteiger partial charge in [0.2, 0.25) is 5.56 Å². The first-order valence-corrected chi connectivity index (χ1v) is 6.51. The predicted molar refractivity (Wildman–Crippen MR) is 71.6 cm³/mol. The molecule has 2 rings (SSSR count). The molecule has 0 unspecified atom stereocenters. The van der Waals surface area contributed by atoms with Crippen molar-refractivity contribution in [2.24, 2.45) is 0 Å². The lowest BCUT2D eigenvalue weighted by atomic mass is 10.1. The molecule has 1 atom stereocenters. The molecule has 2 aromatic rings. The number of aromatic nitrogens is 1. The first-order chi connectivity index (χ1) is 8.15. The van der Waals surface area contributed by atoms with Crippen LogP contribution in [-0.2, 0) is 6.54 Å². The summed E-state index contributed by atoms with van der Waals surface area (Å²) in [6.07, 6.45) is 1.66. The number of aromatic amines is 1. The van der Waals surface area contributed by atoms with Gasteiger partial charge < -0.3 is 10.3 Å². The Morgan fingerprint density at radius 1 is 1.47 bits per heavy atom. The molecule has 0 saturated heterocycles. The number of thiophene rings is 1. The second kappa shape index (κ2) is 5.49. The van der Waals surface area contributed by atoms with Crippen molar-refractivity contribution in [3.8, 4) is 0 Å². The molecular formula is C12H13ClN2OS. The molecule has 17 heavy (non-hydrogen) atoms. The fourth-order valence-corrected chi connectivity index (χ4v) is 2.59. The van der Waals surface area contributed by atoms with Gasteiger partial charge >= 0.3 is 0 Å². The lowest BCUT2D eigenvalue weighted by molar-refractivity contribution is 0.578. The Balaban J connectivity index is 1.97. The van der Waals surface area contributed by atoms with E-state index >= 15 is 0 Å². The normalized spacial score (nSPS) is 12.6. The fourth-order valence-electron chi connectivity index (χ4n) is 1.55. The third kappa shape index (κ3) is 3.43. The average Bonchev–Trinajstić information content (AvgIpc) is 2.72. The van der Waals surface area contributed by atoms with Crippen molar-refractivity contribution in [2.75, 3.05) is 0 Å². The van der Waals surface area contributed by atoms with E-state index in [4.69, 9.17) is 11.6 Å². The van der Waals surface area contributed by atoms with Gasteiger partial charge in [0.1, 0.15) is 0 Å². The first kappa shape index (κ1) is 12.4. The molecule has 0 aliphatic carbocycles. The third-order valence-corrected chi connectivity index (χ3v) is 3.74. The third-order valence-electron chi connectivity index (χ3n) is 2.51. The van der Waals surface area contributed by atoms with E-state index in [1.807, 2.05) is 25.1 Å². The van der Waals surface area contributed by atoms with E-state index < -0.39 is 0 Å². The minimum absolute atomic E-state index is 0.0738. The molecule has 2 aromatic heterocycles. The van der Waals surface area contributed by atoms with Crippen LogP contribution >= 0.6 is 22.9 Å². The maximum Gasteiger partial charge on any atom is 0.248 e. The van der Waals surface area contributed by atoms with Crippen molar-refractivity contribution in [1.82, 2.24) is 10.3 Å². The Morgan fingerprint density at radius 2 is 2.29 bits per heavy atom. The van der Waals surface area contributed by atoms with Crippen molar-refractivity contribution < 1.29 is 0 Å². The second-order valence-corrected chi connectivity index (χ2v) is 5.59. The Kier molecular flexibility index (Phi) is 3.99. The molecule has 0 radical (unpaired) electrons. The molecule has 0 aliphatic heterocycles. The maximum atomic E-state index is 11.2. The summed E-state index contributed by atoms with van der Waals surface area (Å²) in [7, 11) is 0. The molecule has 0 aromatic carbocycles. The molecule has 2 N–H and O–H groups in total. The minimum atomic E-state index is -0.0738. The van der Waals surface area contributed by atoms with Crippen LogP contribution in [0, 0.1) is 0 Å². The Bertz CT molecular complexity index is 549. The highest BCUT2D eigenvalue weighted by Gasteiger charge is 2.06. The van der Waals surface area contributed by atoms with Crippen LogP contribution in [-0.4, -0.2) is 4.98 Å². The molecule has 90 valence electrons. The number of hydrogen-bond acceptors (Lipinski definition) is 3. The van der Waals surface area contributed by atoms with Crippen molar-refractivity contribution in [3.05, 3.63) is 55.6 Å². The van der Waals surface area contributed by atoms with E-state index in [1.165, 1.54) is 4.88 Å². The van der Waals surface area contributed by atoms with Crippen molar-refractivity contribution in [1.29, 1.82) is 0 Å². The van der Waals surface area contributed by atoms with Gasteiger partial charge in [0, 0.05) is 29.7 Å². The number of H-pyrrole nitrogens is 1. The highest BCUT2D eigenvalue weighted by Crippen LogP contribution is 2.22. The van der Waals surface area contributed by atoms with Crippen LogP contribution in [0.3, 0.4) is 0 Å². The van der Waals surface area contributed by atoms with E-state index in [0.29, 0.717) is 0 Å². The van der Waals surface area contributed by atoms with Crippen molar-refractivity contribution in [2.45, 2.75) is 19.5 Å². The lowest BCUT2D eigenvalue weighted by Crippen LogP contribution is -2.19. The van der Waals surface area contributed by atoms with Crippen LogP contribution in [0.5, 0.6) is 0 Å². The summed E-state index contributed by atoms with van der Waals surface area (Å²) in [5, 5.41) is 3.35. The monoisotopic (exact) mass is 268 g/mol. The number of nitrogens with one attached hydrogen (secondary N) is 2. The summed E-state index contributed by atoms with van der Waals surface area (Å²) in [5.74, 6) is 0. The molecule has 0 saturated carbocycles. The molecule has 0 aliphatic rings. The number of halogens is 1. The highest BCUT2D eigenvalue weighted by molar-refractivity contribution is 7.16. The maximum absolute atomic E-state index is 11.2. The summed E-state index contributed by atoms with van der Waals surface area (Å²) in [6, 6.07) is 7.55. The molecular weight excluding hydrogens is 256 g/mol. The van der Waals surface area contributed by atoms with Gasteiger partial charge in [-0.25, -0.2) is 0 Å². The quantitative estimate of drug-likeness (QED) is 0.896. The lowest BCUT2D eigenvalue weighted by Gasteiger charge is -2.12. The van der Waals surface area contributed by atoms with Gasteiger partial charge in [-0.05, 0) is 30.7 Å². The van der Waals surface area contributed by atoms with Crippen LogP contribution in [0.2, 0.25) is 4.34 Å². The van der Waals surface area contributed by atoms with Crippen molar-refractivity contribution in [3.63, 3.8) is 0 Å². The largest absolute Gasteiger partial charge is 0.329 e. The van der Waals surface area contributed by atoms with Gasteiger partial charge in [0.25, 0.3) is 0 Å². The van der Waals surface area contributed by atoms with E-state index in [1.54, 1.807) is 23.6 Å². The molecule has 0 amide bonds. The number of rotatable bonds is 4. The second-order valence-electron chi connectivity index (χ2n) is 3.79. The van der Waals surface area contributed by atoms with Crippen LogP contribution < -0.4 is 10.9 Å². The van der Waals surface area contributed by atoms with Gasteiger partial charge in [-0.2, -0.15) is 0 Å². The van der Waals surface area contributed by atoms with Gasteiger partial charge in [-0.1, -0.05) is 11.6 Å². The van der Waals surface area contributed by atoms with Crippen LogP contribution in [0.4, 0.5) is 0 Å². The minimum Gasteiger partial charge on any atom is -0.329 e. The first-order valence-electron chi connectivity index (χ1n) is 5.31. The summed E-state index contributed by atoms with van der Waals surface area (Å²) in [4.78, 5) is 15.0. The van der Waals surface area contributed by atoms with Crippen LogP contribution in [0.15, 0.2) is 35.3 Å². The summed E-state index contributed by atoms with van der Waals surface area (Å²) in [6.45, 7) is 2.79. The van der Waals surface area contributed by atoms with E-state index in [0.717, 1.165) is 16.4 Å². The molecule has 5 heteroatoms. The van der Waals surface area contributed by atoms with Crippen LogP contribution in [0.1, 0.15) is 23.4 Å². The predicted octanol–water partition coefficient (Wildman–Crippen LogP) is 2.94. The summed E-state index contributed by atoms with van der Waals surface area (Å²) in [5.41, 5.74) is 0.909. The Morgan fingerprint density at radius 3 is 2.94 bits per heavy atom. The van der Waals surface area contributed by atoms with E-state index in [-0.39, 0.29) is 11.6 Å². The van der Waals surface area contributed by atoms with Gasteiger partial charge in [0.15, 0.2) is 0 Å². The zero-order chi connectivity index (χ0) is 12.3.